The van der Waals surface area contributed by atoms with Crippen molar-refractivity contribution in [1.82, 2.24) is 4.98 Å². The van der Waals surface area contributed by atoms with E-state index in [0.29, 0.717) is 6.54 Å². The van der Waals surface area contributed by atoms with Crippen LogP contribution in [-0.2, 0) is 0 Å². The normalized spacial score (nSPS) is 10.4. The van der Waals surface area contributed by atoms with Gasteiger partial charge in [0, 0.05) is 32.0 Å². The van der Waals surface area contributed by atoms with Gasteiger partial charge in [-0.15, -0.1) is 0 Å². The number of nitrogens with zero attached hydrogens (tertiary/aromatic N) is 1. The molecule has 0 radical (unpaired) electrons. The van der Waals surface area contributed by atoms with Crippen molar-refractivity contribution >= 4 is 23.4 Å². The van der Waals surface area contributed by atoms with E-state index >= 15 is 0 Å². The Labute approximate surface area is 109 Å². The molecule has 0 spiro atoms. The van der Waals surface area contributed by atoms with E-state index in [0.717, 1.165) is 24.0 Å². The second-order valence-corrected chi connectivity index (χ2v) is 4.74. The van der Waals surface area contributed by atoms with Crippen LogP contribution in [-0.4, -0.2) is 41.8 Å². The van der Waals surface area contributed by atoms with Gasteiger partial charge in [-0.2, -0.15) is 11.8 Å². The van der Waals surface area contributed by atoms with E-state index in [1.807, 2.05) is 0 Å². The molecule has 3 N–H and O–H groups in total. The first-order valence-corrected chi connectivity index (χ1v) is 6.80. The minimum Gasteiger partial charge on any atom is -0.396 e. The topological polar surface area (TPSA) is 57.2 Å². The standard InChI is InChI=1S/C11H17F2N3OS/c1-14-10-8(12)7-9(13)11(16-10)15-3-6-18-5-2-4-17/h7,17H,2-6H2,1H3,(H2,14,15,16). The Balaban J connectivity index is 2.42. The summed E-state index contributed by atoms with van der Waals surface area (Å²) in [5, 5.41) is 14.0. The molecule has 0 fully saturated rings. The number of halogens is 2. The molecule has 0 bridgehead atoms. The quantitative estimate of drug-likeness (QED) is 0.634. The molecule has 0 atom stereocenters. The van der Waals surface area contributed by atoms with Crippen LogP contribution in [0.4, 0.5) is 20.4 Å². The van der Waals surface area contributed by atoms with Crippen molar-refractivity contribution in [2.45, 2.75) is 6.42 Å². The van der Waals surface area contributed by atoms with Crippen LogP contribution in [0.25, 0.3) is 0 Å². The zero-order valence-corrected chi connectivity index (χ0v) is 11.0. The summed E-state index contributed by atoms with van der Waals surface area (Å²) < 4.78 is 26.5. The zero-order valence-electron chi connectivity index (χ0n) is 10.2. The number of nitrogens with one attached hydrogen (secondary N) is 2. The van der Waals surface area contributed by atoms with Crippen molar-refractivity contribution in [1.29, 1.82) is 0 Å². The lowest BCUT2D eigenvalue weighted by Gasteiger charge is -2.09. The predicted molar refractivity (Wildman–Crippen MR) is 71.2 cm³/mol. The summed E-state index contributed by atoms with van der Waals surface area (Å²) in [4.78, 5) is 3.80. The van der Waals surface area contributed by atoms with Crippen molar-refractivity contribution in [3.63, 3.8) is 0 Å². The maximum atomic E-state index is 13.4. The van der Waals surface area contributed by atoms with Gasteiger partial charge in [-0.05, 0) is 12.2 Å². The third kappa shape index (κ3) is 4.66. The van der Waals surface area contributed by atoms with E-state index in [1.165, 1.54) is 7.05 Å². The summed E-state index contributed by atoms with van der Waals surface area (Å²) in [5.74, 6) is 0.284. The molecule has 1 aromatic rings. The summed E-state index contributed by atoms with van der Waals surface area (Å²) in [7, 11) is 1.53. The third-order valence-electron chi connectivity index (χ3n) is 2.15. The molecule has 1 aromatic heterocycles. The smallest absolute Gasteiger partial charge is 0.168 e. The van der Waals surface area contributed by atoms with Crippen LogP contribution in [0.2, 0.25) is 0 Å². The maximum Gasteiger partial charge on any atom is 0.168 e. The number of aliphatic hydroxyl groups excluding tert-OH is 1. The van der Waals surface area contributed by atoms with Crippen LogP contribution in [0.15, 0.2) is 6.07 Å². The van der Waals surface area contributed by atoms with Gasteiger partial charge in [0.1, 0.15) is 0 Å². The van der Waals surface area contributed by atoms with Gasteiger partial charge in [-0.1, -0.05) is 0 Å². The number of aromatic nitrogens is 1. The molecule has 0 aliphatic heterocycles. The lowest BCUT2D eigenvalue weighted by Crippen LogP contribution is -2.10. The molecular formula is C11H17F2N3OS. The number of thioether (sulfide) groups is 1. The Morgan fingerprint density at radius 1 is 1.28 bits per heavy atom. The second kappa shape index (κ2) is 8.10. The highest BCUT2D eigenvalue weighted by molar-refractivity contribution is 7.99. The first kappa shape index (κ1) is 15.0. The van der Waals surface area contributed by atoms with Gasteiger partial charge >= 0.3 is 0 Å². The fraction of sp³-hybridized carbons (Fsp3) is 0.545. The first-order chi connectivity index (χ1) is 8.69. The van der Waals surface area contributed by atoms with Crippen molar-refractivity contribution in [2.75, 3.05) is 42.3 Å². The average molecular weight is 277 g/mol. The highest BCUT2D eigenvalue weighted by Crippen LogP contribution is 2.18. The molecule has 4 nitrogen and oxygen atoms in total. The number of pyridine rings is 1. The molecule has 1 heterocycles. The summed E-state index contributed by atoms with van der Waals surface area (Å²) >= 11 is 1.65. The Hall–Kier alpha value is -1.08. The molecule has 102 valence electrons. The SMILES string of the molecule is CNc1nc(NCCSCCCO)c(F)cc1F. The van der Waals surface area contributed by atoms with E-state index in [4.69, 9.17) is 5.11 Å². The van der Waals surface area contributed by atoms with E-state index < -0.39 is 11.6 Å². The van der Waals surface area contributed by atoms with Gasteiger partial charge in [0.05, 0.1) is 0 Å². The third-order valence-corrected chi connectivity index (χ3v) is 3.22. The molecule has 18 heavy (non-hydrogen) atoms. The lowest BCUT2D eigenvalue weighted by molar-refractivity contribution is 0.296. The monoisotopic (exact) mass is 277 g/mol. The molecular weight excluding hydrogens is 260 g/mol. The summed E-state index contributed by atoms with van der Waals surface area (Å²) in [6.07, 6.45) is 0.748. The zero-order chi connectivity index (χ0) is 13.4. The molecule has 0 amide bonds. The first-order valence-electron chi connectivity index (χ1n) is 5.65. The van der Waals surface area contributed by atoms with Crippen LogP contribution >= 0.6 is 11.8 Å². The number of aliphatic hydroxyl groups is 1. The molecule has 1 rings (SSSR count). The van der Waals surface area contributed by atoms with Crippen LogP contribution in [0.3, 0.4) is 0 Å². The molecule has 0 aliphatic carbocycles. The van der Waals surface area contributed by atoms with Crippen molar-refractivity contribution in [2.24, 2.45) is 0 Å². The van der Waals surface area contributed by atoms with Gasteiger partial charge in [0.25, 0.3) is 0 Å². The lowest BCUT2D eigenvalue weighted by atomic mass is 10.4. The largest absolute Gasteiger partial charge is 0.396 e. The molecule has 0 aliphatic rings. The minimum atomic E-state index is -0.710. The fourth-order valence-electron chi connectivity index (χ4n) is 1.28. The Morgan fingerprint density at radius 3 is 2.67 bits per heavy atom. The molecule has 0 saturated carbocycles. The number of hydrogen-bond acceptors (Lipinski definition) is 5. The van der Waals surface area contributed by atoms with Crippen LogP contribution in [0.5, 0.6) is 0 Å². The maximum absolute atomic E-state index is 13.4. The molecule has 0 unspecified atom stereocenters. The van der Waals surface area contributed by atoms with Crippen molar-refractivity contribution < 1.29 is 13.9 Å². The van der Waals surface area contributed by atoms with E-state index in [2.05, 4.69) is 15.6 Å². The van der Waals surface area contributed by atoms with Gasteiger partial charge < -0.3 is 15.7 Å². The molecule has 0 saturated heterocycles. The van der Waals surface area contributed by atoms with E-state index in [1.54, 1.807) is 11.8 Å². The van der Waals surface area contributed by atoms with Gasteiger partial charge in [-0.3, -0.25) is 0 Å². The predicted octanol–water partition coefficient (Wildman–Crippen LogP) is 1.93. The summed E-state index contributed by atoms with van der Waals surface area (Å²) in [5.41, 5.74) is 0. The van der Waals surface area contributed by atoms with Crippen LogP contribution < -0.4 is 10.6 Å². The molecule has 0 aromatic carbocycles. The Kier molecular flexibility index (Phi) is 6.74. The number of rotatable bonds is 8. The van der Waals surface area contributed by atoms with Crippen molar-refractivity contribution in [3.8, 4) is 0 Å². The summed E-state index contributed by atoms with van der Waals surface area (Å²) in [6.45, 7) is 0.717. The van der Waals surface area contributed by atoms with Gasteiger partial charge in [0.2, 0.25) is 0 Å². The number of hydrogen-bond donors (Lipinski definition) is 3. The minimum absolute atomic E-state index is 0.0202. The average Bonchev–Trinajstić information content (AvgIpc) is 2.36. The highest BCUT2D eigenvalue weighted by Gasteiger charge is 2.10. The molecule has 7 heteroatoms. The van der Waals surface area contributed by atoms with E-state index in [9.17, 15) is 8.78 Å². The van der Waals surface area contributed by atoms with E-state index in [-0.39, 0.29) is 18.2 Å². The Bertz CT molecular complexity index is 380. The van der Waals surface area contributed by atoms with Gasteiger partial charge in [-0.25, -0.2) is 13.8 Å². The van der Waals surface area contributed by atoms with Gasteiger partial charge in [0.15, 0.2) is 23.3 Å². The van der Waals surface area contributed by atoms with Crippen LogP contribution in [0, 0.1) is 11.6 Å². The fourth-order valence-corrected chi connectivity index (χ4v) is 2.06. The number of anilines is 2. The highest BCUT2D eigenvalue weighted by atomic mass is 32.2. The summed E-state index contributed by atoms with van der Waals surface area (Å²) in [6, 6.07) is 0.806. The van der Waals surface area contributed by atoms with Crippen LogP contribution in [0.1, 0.15) is 6.42 Å². The van der Waals surface area contributed by atoms with Crippen molar-refractivity contribution in [3.05, 3.63) is 17.7 Å². The second-order valence-electron chi connectivity index (χ2n) is 3.52. The Morgan fingerprint density at radius 2 is 2.00 bits per heavy atom.